The molecule has 4 heteroatoms. The summed E-state index contributed by atoms with van der Waals surface area (Å²) in [6, 6.07) is 0. The van der Waals surface area contributed by atoms with Crippen LogP contribution in [-0.2, 0) is 9.47 Å². The second-order valence-electron chi connectivity index (χ2n) is 4.66. The number of methoxy groups -OCH3 is 1. The van der Waals surface area contributed by atoms with Crippen LogP contribution in [0.2, 0.25) is 0 Å². The van der Waals surface area contributed by atoms with E-state index < -0.39 is 0 Å². The van der Waals surface area contributed by atoms with Gasteiger partial charge in [-0.1, -0.05) is 0 Å². The SMILES string of the molecule is COC1CCN(C2(CN)CCOC2C)C1. The molecule has 3 atom stereocenters. The van der Waals surface area contributed by atoms with Crippen molar-refractivity contribution in [3.8, 4) is 0 Å². The van der Waals surface area contributed by atoms with Gasteiger partial charge >= 0.3 is 0 Å². The fraction of sp³-hybridized carbons (Fsp3) is 1.00. The Morgan fingerprint density at radius 3 is 2.87 bits per heavy atom. The van der Waals surface area contributed by atoms with Gasteiger partial charge in [-0.05, 0) is 19.8 Å². The molecule has 0 aromatic carbocycles. The highest BCUT2D eigenvalue weighted by molar-refractivity contribution is 5.02. The molecular weight excluding hydrogens is 192 g/mol. The third kappa shape index (κ3) is 1.80. The zero-order valence-corrected chi connectivity index (χ0v) is 9.74. The topological polar surface area (TPSA) is 47.7 Å². The Bertz CT molecular complexity index is 225. The third-order valence-electron chi connectivity index (χ3n) is 4.12. The van der Waals surface area contributed by atoms with Gasteiger partial charge < -0.3 is 15.2 Å². The molecule has 2 rings (SSSR count). The van der Waals surface area contributed by atoms with Gasteiger partial charge in [0.25, 0.3) is 0 Å². The van der Waals surface area contributed by atoms with Gasteiger partial charge in [-0.2, -0.15) is 0 Å². The Morgan fingerprint density at radius 1 is 1.60 bits per heavy atom. The lowest BCUT2D eigenvalue weighted by molar-refractivity contribution is 0.0163. The summed E-state index contributed by atoms with van der Waals surface area (Å²) in [6.45, 7) is 5.75. The van der Waals surface area contributed by atoms with Crippen LogP contribution in [0.25, 0.3) is 0 Å². The molecule has 0 aromatic heterocycles. The summed E-state index contributed by atoms with van der Waals surface area (Å²) in [5.74, 6) is 0. The van der Waals surface area contributed by atoms with Crippen LogP contribution in [0.5, 0.6) is 0 Å². The number of likely N-dealkylation sites (tertiary alicyclic amines) is 1. The van der Waals surface area contributed by atoms with Crippen molar-refractivity contribution in [3.63, 3.8) is 0 Å². The molecule has 0 saturated carbocycles. The number of hydrogen-bond acceptors (Lipinski definition) is 4. The average molecular weight is 214 g/mol. The van der Waals surface area contributed by atoms with Crippen molar-refractivity contribution in [2.75, 3.05) is 33.4 Å². The quantitative estimate of drug-likeness (QED) is 0.730. The molecule has 0 amide bonds. The molecule has 2 heterocycles. The molecule has 2 aliphatic heterocycles. The lowest BCUT2D eigenvalue weighted by Gasteiger charge is -2.40. The van der Waals surface area contributed by atoms with E-state index in [4.69, 9.17) is 15.2 Å². The number of ether oxygens (including phenoxy) is 2. The van der Waals surface area contributed by atoms with Gasteiger partial charge in [0.2, 0.25) is 0 Å². The van der Waals surface area contributed by atoms with E-state index >= 15 is 0 Å². The van der Waals surface area contributed by atoms with E-state index in [1.165, 1.54) is 0 Å². The van der Waals surface area contributed by atoms with Gasteiger partial charge in [-0.25, -0.2) is 0 Å². The van der Waals surface area contributed by atoms with Crippen molar-refractivity contribution >= 4 is 0 Å². The van der Waals surface area contributed by atoms with Crippen molar-refractivity contribution in [2.45, 2.75) is 37.5 Å². The van der Waals surface area contributed by atoms with E-state index in [2.05, 4.69) is 11.8 Å². The maximum atomic E-state index is 5.96. The molecule has 88 valence electrons. The summed E-state index contributed by atoms with van der Waals surface area (Å²) >= 11 is 0. The van der Waals surface area contributed by atoms with Crippen molar-refractivity contribution in [1.29, 1.82) is 0 Å². The van der Waals surface area contributed by atoms with E-state index in [9.17, 15) is 0 Å². The second-order valence-corrected chi connectivity index (χ2v) is 4.66. The van der Waals surface area contributed by atoms with E-state index in [-0.39, 0.29) is 11.6 Å². The van der Waals surface area contributed by atoms with Crippen LogP contribution in [0.4, 0.5) is 0 Å². The van der Waals surface area contributed by atoms with E-state index in [0.29, 0.717) is 12.6 Å². The molecule has 2 saturated heterocycles. The van der Waals surface area contributed by atoms with E-state index in [1.54, 1.807) is 7.11 Å². The largest absolute Gasteiger partial charge is 0.380 e. The summed E-state index contributed by atoms with van der Waals surface area (Å²) in [7, 11) is 1.79. The number of rotatable bonds is 3. The first kappa shape index (κ1) is 11.3. The maximum absolute atomic E-state index is 5.96. The highest BCUT2D eigenvalue weighted by Crippen LogP contribution is 2.34. The first-order valence-electron chi connectivity index (χ1n) is 5.82. The van der Waals surface area contributed by atoms with Gasteiger partial charge in [0.15, 0.2) is 0 Å². The first-order chi connectivity index (χ1) is 7.23. The lowest BCUT2D eigenvalue weighted by atomic mass is 9.90. The lowest BCUT2D eigenvalue weighted by Crippen LogP contribution is -2.57. The van der Waals surface area contributed by atoms with Crippen molar-refractivity contribution in [1.82, 2.24) is 4.90 Å². The maximum Gasteiger partial charge on any atom is 0.0743 e. The van der Waals surface area contributed by atoms with Gasteiger partial charge in [0.1, 0.15) is 0 Å². The van der Waals surface area contributed by atoms with Crippen LogP contribution in [0.1, 0.15) is 19.8 Å². The summed E-state index contributed by atoms with van der Waals surface area (Å²) < 4.78 is 11.1. The van der Waals surface area contributed by atoms with Crippen LogP contribution in [-0.4, -0.2) is 56.0 Å². The fourth-order valence-corrected chi connectivity index (χ4v) is 2.91. The second kappa shape index (κ2) is 4.37. The van der Waals surface area contributed by atoms with Crippen LogP contribution >= 0.6 is 0 Å². The Kier molecular flexibility index (Phi) is 3.30. The molecule has 3 unspecified atom stereocenters. The number of nitrogens with zero attached hydrogens (tertiary/aromatic N) is 1. The Hall–Kier alpha value is -0.160. The Balaban J connectivity index is 2.07. The van der Waals surface area contributed by atoms with Crippen molar-refractivity contribution in [2.24, 2.45) is 5.73 Å². The smallest absolute Gasteiger partial charge is 0.0743 e. The molecule has 0 radical (unpaired) electrons. The summed E-state index contributed by atoms with van der Waals surface area (Å²) in [5, 5.41) is 0. The summed E-state index contributed by atoms with van der Waals surface area (Å²) in [5.41, 5.74) is 6.03. The minimum atomic E-state index is 0.0628. The van der Waals surface area contributed by atoms with E-state index in [1.807, 2.05) is 0 Å². The minimum absolute atomic E-state index is 0.0628. The zero-order chi connectivity index (χ0) is 10.9. The van der Waals surface area contributed by atoms with Gasteiger partial charge in [-0.15, -0.1) is 0 Å². The third-order valence-corrected chi connectivity index (χ3v) is 4.12. The van der Waals surface area contributed by atoms with E-state index in [0.717, 1.165) is 32.5 Å². The van der Waals surface area contributed by atoms with Crippen LogP contribution in [0.15, 0.2) is 0 Å². The molecule has 0 bridgehead atoms. The molecule has 2 aliphatic rings. The number of hydrogen-bond donors (Lipinski definition) is 1. The molecule has 0 aliphatic carbocycles. The average Bonchev–Trinajstić information content (AvgIpc) is 2.84. The predicted octanol–water partition coefficient (Wildman–Crippen LogP) is 0.213. The van der Waals surface area contributed by atoms with Crippen LogP contribution in [0, 0.1) is 0 Å². The zero-order valence-electron chi connectivity index (χ0n) is 9.74. The van der Waals surface area contributed by atoms with Crippen LogP contribution < -0.4 is 5.73 Å². The molecular formula is C11H22N2O2. The Morgan fingerprint density at radius 2 is 2.40 bits per heavy atom. The highest BCUT2D eigenvalue weighted by Gasteiger charge is 2.47. The molecule has 2 fully saturated rings. The van der Waals surface area contributed by atoms with Crippen molar-refractivity contribution < 1.29 is 9.47 Å². The number of nitrogens with two attached hydrogens (primary N) is 1. The summed E-state index contributed by atoms with van der Waals surface area (Å²) in [6.07, 6.45) is 2.80. The van der Waals surface area contributed by atoms with Crippen molar-refractivity contribution in [3.05, 3.63) is 0 Å². The van der Waals surface area contributed by atoms with Crippen LogP contribution in [0.3, 0.4) is 0 Å². The van der Waals surface area contributed by atoms with Gasteiger partial charge in [-0.3, -0.25) is 4.90 Å². The summed E-state index contributed by atoms with van der Waals surface area (Å²) in [4.78, 5) is 2.47. The first-order valence-corrected chi connectivity index (χ1v) is 5.82. The molecule has 0 spiro atoms. The Labute approximate surface area is 91.7 Å². The monoisotopic (exact) mass is 214 g/mol. The predicted molar refractivity (Wildman–Crippen MR) is 58.8 cm³/mol. The molecule has 2 N–H and O–H groups in total. The standard InChI is InChI=1S/C11H22N2O2/c1-9-11(8-12,4-6-15-9)13-5-3-10(7-13)14-2/h9-10H,3-8,12H2,1-2H3. The molecule has 0 aromatic rings. The highest BCUT2D eigenvalue weighted by atomic mass is 16.5. The molecule has 15 heavy (non-hydrogen) atoms. The molecule has 4 nitrogen and oxygen atoms in total. The van der Waals surface area contributed by atoms with Gasteiger partial charge in [0, 0.05) is 33.4 Å². The minimum Gasteiger partial charge on any atom is -0.380 e. The van der Waals surface area contributed by atoms with Gasteiger partial charge in [0.05, 0.1) is 17.7 Å². The normalized spacial score (nSPS) is 42.6. The fourth-order valence-electron chi connectivity index (χ4n) is 2.91.